The third-order valence-electron chi connectivity index (χ3n) is 6.21. The number of benzene rings is 2. The molecule has 5 heteroatoms. The number of nitrogens with zero attached hydrogens (tertiary/aromatic N) is 3. The third-order valence-corrected chi connectivity index (χ3v) is 6.21. The van der Waals surface area contributed by atoms with Crippen molar-refractivity contribution in [3.05, 3.63) is 90.3 Å². The van der Waals surface area contributed by atoms with Crippen molar-refractivity contribution in [2.24, 2.45) is 5.92 Å². The summed E-state index contributed by atoms with van der Waals surface area (Å²) in [4.78, 5) is 34.4. The van der Waals surface area contributed by atoms with E-state index >= 15 is 0 Å². The normalized spacial score (nSPS) is 16.5. The first-order chi connectivity index (χ1) is 16.1. The van der Waals surface area contributed by atoms with E-state index in [0.717, 1.165) is 35.2 Å². The zero-order valence-corrected chi connectivity index (χ0v) is 19.2. The Labute approximate surface area is 196 Å². The Morgan fingerprint density at radius 2 is 1.70 bits per heavy atom. The molecule has 0 bridgehead atoms. The van der Waals surface area contributed by atoms with Crippen LogP contribution in [0, 0.1) is 5.92 Å². The van der Waals surface area contributed by atoms with Crippen molar-refractivity contribution in [1.82, 2.24) is 14.8 Å². The van der Waals surface area contributed by atoms with E-state index in [-0.39, 0.29) is 17.7 Å². The second-order valence-corrected chi connectivity index (χ2v) is 8.66. The molecule has 0 aliphatic carbocycles. The molecule has 3 aromatic rings. The van der Waals surface area contributed by atoms with Crippen LogP contribution in [-0.4, -0.2) is 52.8 Å². The lowest BCUT2D eigenvalue weighted by molar-refractivity contribution is -0.135. The number of carbonyl (C=O) groups is 2. The lowest BCUT2D eigenvalue weighted by atomic mass is 9.95. The van der Waals surface area contributed by atoms with Crippen LogP contribution in [0.2, 0.25) is 0 Å². The monoisotopic (exact) mass is 441 g/mol. The van der Waals surface area contributed by atoms with Crippen LogP contribution < -0.4 is 0 Å². The van der Waals surface area contributed by atoms with Gasteiger partial charge in [-0.2, -0.15) is 0 Å². The average Bonchev–Trinajstić information content (AvgIpc) is 3.00. The smallest absolute Gasteiger partial charge is 0.227 e. The Morgan fingerprint density at radius 1 is 0.939 bits per heavy atom. The van der Waals surface area contributed by atoms with Crippen molar-refractivity contribution in [2.45, 2.75) is 26.2 Å². The van der Waals surface area contributed by atoms with E-state index in [4.69, 9.17) is 0 Å². The van der Waals surface area contributed by atoms with Crippen LogP contribution in [0.1, 0.15) is 24.5 Å². The van der Waals surface area contributed by atoms with Crippen molar-refractivity contribution in [2.75, 3.05) is 26.2 Å². The van der Waals surface area contributed by atoms with Crippen molar-refractivity contribution in [3.8, 4) is 11.1 Å². The maximum Gasteiger partial charge on any atom is 0.227 e. The summed E-state index contributed by atoms with van der Waals surface area (Å²) in [5, 5.41) is 0. The first-order valence-electron chi connectivity index (χ1n) is 11.7. The molecule has 1 atom stereocenters. The van der Waals surface area contributed by atoms with E-state index in [2.05, 4.69) is 30.1 Å². The summed E-state index contributed by atoms with van der Waals surface area (Å²) in [6, 6.07) is 22.1. The van der Waals surface area contributed by atoms with Crippen LogP contribution in [0.3, 0.4) is 0 Å². The molecule has 33 heavy (non-hydrogen) atoms. The second kappa shape index (κ2) is 10.9. The SMILES string of the molecule is CCCN1CCN(C(=O)Cc2ccccc2)C[C@@H](Cc2cccc(-c3ccncc3)c2)C1=O. The summed E-state index contributed by atoms with van der Waals surface area (Å²) in [5.41, 5.74) is 4.33. The summed E-state index contributed by atoms with van der Waals surface area (Å²) in [5.74, 6) is -0.00415. The maximum atomic E-state index is 13.4. The zero-order chi connectivity index (χ0) is 23.0. The van der Waals surface area contributed by atoms with Crippen LogP contribution in [-0.2, 0) is 22.4 Å². The number of pyridine rings is 1. The molecule has 1 aliphatic heterocycles. The minimum absolute atomic E-state index is 0.0860. The molecule has 0 N–H and O–H groups in total. The standard InChI is InChI=1S/C28H31N3O2/c1-2-15-30-16-17-31(27(32)20-22-7-4-3-5-8-22)21-26(28(30)33)19-23-9-6-10-25(18-23)24-11-13-29-14-12-24/h3-14,18,26H,2,15-17,19-21H2,1H3/t26-/m1/s1. The molecule has 5 nitrogen and oxygen atoms in total. The predicted molar refractivity (Wildman–Crippen MR) is 130 cm³/mol. The first kappa shape index (κ1) is 22.7. The highest BCUT2D eigenvalue weighted by Crippen LogP contribution is 2.23. The molecule has 1 saturated heterocycles. The van der Waals surface area contributed by atoms with E-state index in [9.17, 15) is 9.59 Å². The topological polar surface area (TPSA) is 53.5 Å². The Kier molecular flexibility index (Phi) is 7.51. The minimum Gasteiger partial charge on any atom is -0.341 e. The second-order valence-electron chi connectivity index (χ2n) is 8.66. The molecule has 1 aliphatic rings. The van der Waals surface area contributed by atoms with Crippen LogP contribution >= 0.6 is 0 Å². The van der Waals surface area contributed by atoms with Crippen LogP contribution in [0.15, 0.2) is 79.1 Å². The molecule has 0 saturated carbocycles. The van der Waals surface area contributed by atoms with Gasteiger partial charge in [0.2, 0.25) is 11.8 Å². The van der Waals surface area contributed by atoms with Gasteiger partial charge in [-0.15, -0.1) is 0 Å². The molecule has 170 valence electrons. The minimum atomic E-state index is -0.244. The fourth-order valence-corrected chi connectivity index (χ4v) is 4.50. The maximum absolute atomic E-state index is 13.4. The summed E-state index contributed by atoms with van der Waals surface area (Å²) < 4.78 is 0. The molecule has 2 amide bonds. The molecular formula is C28H31N3O2. The fourth-order valence-electron chi connectivity index (χ4n) is 4.50. The van der Waals surface area contributed by atoms with Crippen molar-refractivity contribution in [1.29, 1.82) is 0 Å². The van der Waals surface area contributed by atoms with Gasteiger partial charge in [-0.3, -0.25) is 14.6 Å². The molecule has 4 rings (SSSR count). The Bertz CT molecular complexity index is 1070. The summed E-state index contributed by atoms with van der Waals surface area (Å²) in [7, 11) is 0. The molecule has 2 aromatic carbocycles. The Morgan fingerprint density at radius 3 is 2.45 bits per heavy atom. The van der Waals surface area contributed by atoms with Gasteiger partial charge in [0.25, 0.3) is 0 Å². The zero-order valence-electron chi connectivity index (χ0n) is 19.2. The lowest BCUT2D eigenvalue weighted by Gasteiger charge is -2.24. The molecular weight excluding hydrogens is 410 g/mol. The Balaban J connectivity index is 1.54. The van der Waals surface area contributed by atoms with Gasteiger partial charge in [-0.1, -0.05) is 61.5 Å². The predicted octanol–water partition coefficient (Wildman–Crippen LogP) is 4.23. The van der Waals surface area contributed by atoms with Gasteiger partial charge in [0.15, 0.2) is 0 Å². The molecule has 1 fully saturated rings. The number of aromatic nitrogens is 1. The van der Waals surface area contributed by atoms with Gasteiger partial charge in [-0.05, 0) is 47.2 Å². The molecule has 0 unspecified atom stereocenters. The molecule has 2 heterocycles. The molecule has 0 radical (unpaired) electrons. The summed E-state index contributed by atoms with van der Waals surface area (Å²) in [6.07, 6.45) is 5.47. The number of amides is 2. The van der Waals surface area contributed by atoms with Gasteiger partial charge < -0.3 is 9.80 Å². The number of rotatable bonds is 7. The molecule has 0 spiro atoms. The highest BCUT2D eigenvalue weighted by molar-refractivity contribution is 5.83. The van der Waals surface area contributed by atoms with E-state index < -0.39 is 0 Å². The molecule has 1 aromatic heterocycles. The number of hydrogen-bond acceptors (Lipinski definition) is 3. The summed E-state index contributed by atoms with van der Waals surface area (Å²) in [6.45, 7) is 4.46. The van der Waals surface area contributed by atoms with Gasteiger partial charge in [0, 0.05) is 38.6 Å². The van der Waals surface area contributed by atoms with E-state index in [0.29, 0.717) is 32.5 Å². The fraction of sp³-hybridized carbons (Fsp3) is 0.321. The highest BCUT2D eigenvalue weighted by atomic mass is 16.2. The third kappa shape index (κ3) is 5.86. The summed E-state index contributed by atoms with van der Waals surface area (Å²) >= 11 is 0. The number of hydrogen-bond donors (Lipinski definition) is 0. The Hall–Kier alpha value is -3.47. The van der Waals surface area contributed by atoms with Crippen LogP contribution in [0.4, 0.5) is 0 Å². The average molecular weight is 442 g/mol. The van der Waals surface area contributed by atoms with E-state index in [1.54, 1.807) is 12.4 Å². The van der Waals surface area contributed by atoms with E-state index in [1.807, 2.05) is 58.3 Å². The lowest BCUT2D eigenvalue weighted by Crippen LogP contribution is -2.38. The highest BCUT2D eigenvalue weighted by Gasteiger charge is 2.32. The first-order valence-corrected chi connectivity index (χ1v) is 11.7. The van der Waals surface area contributed by atoms with Crippen molar-refractivity contribution < 1.29 is 9.59 Å². The van der Waals surface area contributed by atoms with Gasteiger partial charge in [0.1, 0.15) is 0 Å². The van der Waals surface area contributed by atoms with Crippen molar-refractivity contribution >= 4 is 11.8 Å². The van der Waals surface area contributed by atoms with Crippen LogP contribution in [0.25, 0.3) is 11.1 Å². The number of carbonyl (C=O) groups excluding carboxylic acids is 2. The van der Waals surface area contributed by atoms with Gasteiger partial charge in [-0.25, -0.2) is 0 Å². The van der Waals surface area contributed by atoms with Gasteiger partial charge >= 0.3 is 0 Å². The van der Waals surface area contributed by atoms with Crippen molar-refractivity contribution in [3.63, 3.8) is 0 Å². The van der Waals surface area contributed by atoms with E-state index in [1.165, 1.54) is 0 Å². The quantitative estimate of drug-likeness (QED) is 0.551. The van der Waals surface area contributed by atoms with Crippen LogP contribution in [0.5, 0.6) is 0 Å². The largest absolute Gasteiger partial charge is 0.341 e. The van der Waals surface area contributed by atoms with Gasteiger partial charge in [0.05, 0.1) is 12.3 Å².